The Morgan fingerprint density at radius 3 is 2.48 bits per heavy atom. The molecule has 0 aliphatic rings. The van der Waals surface area contributed by atoms with Gasteiger partial charge in [-0.2, -0.15) is 0 Å². The van der Waals surface area contributed by atoms with Gasteiger partial charge in [-0.05, 0) is 64.8 Å². The highest BCUT2D eigenvalue weighted by Crippen LogP contribution is 2.44. The molecule has 0 saturated heterocycles. The van der Waals surface area contributed by atoms with E-state index in [1.54, 1.807) is 31.4 Å². The van der Waals surface area contributed by atoms with E-state index in [1.165, 1.54) is 0 Å². The quantitative estimate of drug-likeness (QED) is 0.519. The van der Waals surface area contributed by atoms with Crippen molar-refractivity contribution in [2.24, 2.45) is 0 Å². The highest BCUT2D eigenvalue weighted by molar-refractivity contribution is 9.11. The number of rotatable bonds is 5. The van der Waals surface area contributed by atoms with Crippen LogP contribution in [-0.2, 0) is 4.79 Å². The highest BCUT2D eigenvalue weighted by atomic mass is 79.9. The molecule has 0 atom stereocenters. The summed E-state index contributed by atoms with van der Waals surface area (Å²) in [6, 6.07) is 13.1. The fourth-order valence-electron chi connectivity index (χ4n) is 2.31. The summed E-state index contributed by atoms with van der Waals surface area (Å²) in [5, 5.41) is 9.93. The summed E-state index contributed by atoms with van der Waals surface area (Å²) in [6.45, 7) is 1.57. The molecular formula is C19H15BrO4S. The Morgan fingerprint density at radius 1 is 1.16 bits per heavy atom. The Morgan fingerprint density at radius 2 is 1.84 bits per heavy atom. The van der Waals surface area contributed by atoms with Crippen LogP contribution in [-0.4, -0.2) is 18.2 Å². The Labute approximate surface area is 157 Å². The second-order valence-corrected chi connectivity index (χ2v) is 7.74. The van der Waals surface area contributed by atoms with Gasteiger partial charge in [0.05, 0.1) is 7.11 Å². The molecule has 0 unspecified atom stereocenters. The number of carbonyl (C=O) groups is 1. The third-order valence-electron chi connectivity index (χ3n) is 3.63. The SMILES string of the molecule is COc1ccc2c(Oc3ccc(/C=C(\C)C(=O)O)cc3)c(Br)sc2c1. The van der Waals surface area contributed by atoms with E-state index in [4.69, 9.17) is 14.6 Å². The lowest BCUT2D eigenvalue weighted by Crippen LogP contribution is -1.95. The minimum atomic E-state index is -0.926. The van der Waals surface area contributed by atoms with Crippen molar-refractivity contribution in [3.05, 3.63) is 57.4 Å². The van der Waals surface area contributed by atoms with Gasteiger partial charge in [0.25, 0.3) is 0 Å². The molecule has 1 heterocycles. The van der Waals surface area contributed by atoms with E-state index in [-0.39, 0.29) is 5.57 Å². The van der Waals surface area contributed by atoms with Crippen LogP contribution in [0.3, 0.4) is 0 Å². The summed E-state index contributed by atoms with van der Waals surface area (Å²) in [7, 11) is 1.64. The minimum absolute atomic E-state index is 0.286. The zero-order chi connectivity index (χ0) is 18.0. The summed E-state index contributed by atoms with van der Waals surface area (Å²) < 4.78 is 13.3. The third kappa shape index (κ3) is 3.86. The van der Waals surface area contributed by atoms with Gasteiger partial charge >= 0.3 is 5.97 Å². The van der Waals surface area contributed by atoms with Crippen molar-refractivity contribution in [1.82, 2.24) is 0 Å². The topological polar surface area (TPSA) is 55.8 Å². The molecule has 3 aromatic rings. The predicted molar refractivity (Wildman–Crippen MR) is 104 cm³/mol. The molecule has 4 nitrogen and oxygen atoms in total. The summed E-state index contributed by atoms with van der Waals surface area (Å²) >= 11 is 5.13. The molecule has 0 saturated carbocycles. The summed E-state index contributed by atoms with van der Waals surface area (Å²) in [4.78, 5) is 10.9. The zero-order valence-electron chi connectivity index (χ0n) is 13.6. The number of fused-ring (bicyclic) bond motifs is 1. The number of carboxylic acids is 1. The van der Waals surface area contributed by atoms with Crippen LogP contribution in [0, 0.1) is 0 Å². The number of carboxylic acid groups (broad SMARTS) is 1. The van der Waals surface area contributed by atoms with Gasteiger partial charge in [0.15, 0.2) is 5.75 Å². The Bertz CT molecular complexity index is 957. The number of ether oxygens (including phenoxy) is 2. The molecule has 0 aliphatic heterocycles. The van der Waals surface area contributed by atoms with E-state index < -0.39 is 5.97 Å². The second-order valence-electron chi connectivity index (χ2n) is 5.37. The standard InChI is InChI=1S/C19H15BrO4S/c1-11(19(21)22)9-12-3-5-13(6-4-12)24-17-15-8-7-14(23-2)10-16(15)25-18(17)20/h3-10H,1-2H3,(H,21,22)/b11-9+. The minimum Gasteiger partial charge on any atom is -0.497 e. The first-order valence-corrected chi connectivity index (χ1v) is 9.04. The van der Waals surface area contributed by atoms with Crippen molar-refractivity contribution in [2.45, 2.75) is 6.92 Å². The van der Waals surface area contributed by atoms with E-state index >= 15 is 0 Å². The summed E-state index contributed by atoms with van der Waals surface area (Å²) in [5.41, 5.74) is 1.10. The molecule has 6 heteroatoms. The maximum atomic E-state index is 10.9. The number of hydrogen-bond acceptors (Lipinski definition) is 4. The van der Waals surface area contributed by atoms with Crippen LogP contribution in [0.5, 0.6) is 17.2 Å². The number of halogens is 1. The van der Waals surface area contributed by atoms with Crippen molar-refractivity contribution in [3.8, 4) is 17.2 Å². The van der Waals surface area contributed by atoms with Crippen LogP contribution in [0.15, 0.2) is 51.8 Å². The zero-order valence-corrected chi connectivity index (χ0v) is 16.0. The number of hydrogen-bond donors (Lipinski definition) is 1. The number of methoxy groups -OCH3 is 1. The van der Waals surface area contributed by atoms with Crippen molar-refractivity contribution in [3.63, 3.8) is 0 Å². The van der Waals surface area contributed by atoms with Gasteiger partial charge < -0.3 is 14.6 Å². The van der Waals surface area contributed by atoms with Crippen molar-refractivity contribution >= 4 is 49.4 Å². The smallest absolute Gasteiger partial charge is 0.331 e. The van der Waals surface area contributed by atoms with E-state index in [9.17, 15) is 4.79 Å². The fraction of sp³-hybridized carbons (Fsp3) is 0.105. The first-order valence-electron chi connectivity index (χ1n) is 7.43. The van der Waals surface area contributed by atoms with Crippen molar-refractivity contribution in [2.75, 3.05) is 7.11 Å². The van der Waals surface area contributed by atoms with Gasteiger partial charge in [0.1, 0.15) is 15.3 Å². The highest BCUT2D eigenvalue weighted by Gasteiger charge is 2.13. The molecule has 128 valence electrons. The van der Waals surface area contributed by atoms with Gasteiger partial charge in [0, 0.05) is 15.7 Å². The molecule has 0 amide bonds. The average molecular weight is 419 g/mol. The Balaban J connectivity index is 1.88. The molecule has 0 radical (unpaired) electrons. The van der Waals surface area contributed by atoms with Gasteiger partial charge in [-0.15, -0.1) is 11.3 Å². The molecule has 25 heavy (non-hydrogen) atoms. The lowest BCUT2D eigenvalue weighted by molar-refractivity contribution is -0.132. The first-order chi connectivity index (χ1) is 12.0. The van der Waals surface area contributed by atoms with E-state index in [1.807, 2.05) is 42.5 Å². The maximum Gasteiger partial charge on any atom is 0.331 e. The number of benzene rings is 2. The van der Waals surface area contributed by atoms with Crippen LogP contribution in [0.25, 0.3) is 16.2 Å². The van der Waals surface area contributed by atoms with E-state index in [0.29, 0.717) is 5.75 Å². The van der Waals surface area contributed by atoms with E-state index in [2.05, 4.69) is 15.9 Å². The molecule has 2 aromatic carbocycles. The molecule has 0 aliphatic carbocycles. The Kier molecular flexibility index (Phi) is 5.11. The number of thiophene rings is 1. The Hall–Kier alpha value is -2.31. The van der Waals surface area contributed by atoms with Crippen LogP contribution >= 0.6 is 27.3 Å². The maximum absolute atomic E-state index is 10.9. The average Bonchev–Trinajstić information content (AvgIpc) is 2.91. The van der Waals surface area contributed by atoms with Crippen LogP contribution < -0.4 is 9.47 Å². The molecule has 3 rings (SSSR count). The first kappa shape index (κ1) is 17.5. The molecule has 1 N–H and O–H groups in total. The lowest BCUT2D eigenvalue weighted by Gasteiger charge is -2.06. The summed E-state index contributed by atoms with van der Waals surface area (Å²) in [5.74, 6) is 1.32. The number of aliphatic carboxylic acids is 1. The van der Waals surface area contributed by atoms with E-state index in [0.717, 1.165) is 30.9 Å². The van der Waals surface area contributed by atoms with Gasteiger partial charge in [-0.1, -0.05) is 12.1 Å². The van der Waals surface area contributed by atoms with Gasteiger partial charge in [-0.25, -0.2) is 4.79 Å². The molecule has 1 aromatic heterocycles. The normalized spacial score (nSPS) is 11.6. The van der Waals surface area contributed by atoms with Crippen LogP contribution in [0.2, 0.25) is 0 Å². The van der Waals surface area contributed by atoms with Crippen molar-refractivity contribution < 1.29 is 19.4 Å². The lowest BCUT2D eigenvalue weighted by atomic mass is 10.1. The van der Waals surface area contributed by atoms with Crippen molar-refractivity contribution in [1.29, 1.82) is 0 Å². The van der Waals surface area contributed by atoms with Crippen LogP contribution in [0.4, 0.5) is 0 Å². The molecule has 0 bridgehead atoms. The van der Waals surface area contributed by atoms with Gasteiger partial charge in [-0.3, -0.25) is 0 Å². The second kappa shape index (κ2) is 7.29. The van der Waals surface area contributed by atoms with Crippen LogP contribution in [0.1, 0.15) is 12.5 Å². The third-order valence-corrected chi connectivity index (χ3v) is 5.40. The fourth-order valence-corrected chi connectivity index (χ4v) is 4.01. The largest absolute Gasteiger partial charge is 0.497 e. The molecule has 0 spiro atoms. The molecular weight excluding hydrogens is 404 g/mol. The molecule has 0 fully saturated rings. The predicted octanol–water partition coefficient (Wildman–Crippen LogP) is 5.95. The monoisotopic (exact) mass is 418 g/mol. The summed E-state index contributed by atoms with van der Waals surface area (Å²) in [6.07, 6.45) is 1.62. The van der Waals surface area contributed by atoms with Gasteiger partial charge in [0.2, 0.25) is 0 Å².